The van der Waals surface area contributed by atoms with Gasteiger partial charge in [0.05, 0.1) is 0 Å². The smallest absolute Gasteiger partial charge is 0.132 e. The van der Waals surface area contributed by atoms with Crippen LogP contribution in [0.2, 0.25) is 0 Å². The van der Waals surface area contributed by atoms with E-state index in [1.165, 1.54) is 51.9 Å². The van der Waals surface area contributed by atoms with Crippen LogP contribution in [0.4, 0.5) is 5.82 Å². The van der Waals surface area contributed by atoms with Crippen molar-refractivity contribution in [2.45, 2.75) is 38.6 Å². The Morgan fingerprint density at radius 1 is 1.00 bits per heavy atom. The molecule has 4 nitrogen and oxygen atoms in total. The van der Waals surface area contributed by atoms with E-state index >= 15 is 0 Å². The summed E-state index contributed by atoms with van der Waals surface area (Å²) in [6.45, 7) is 7.05. The molecule has 1 aromatic heterocycles. The molecule has 4 heteroatoms. The standard InChI is InChI=1S/C16H24N4/c1-12-6-16(18-11-17-12)20-9-13-7-19(8-14(13)10-20)15-4-2-3-5-15/h6,11,13-15H,2-5,7-10H2,1H3. The van der Waals surface area contributed by atoms with Crippen molar-refractivity contribution in [3.8, 4) is 0 Å². The van der Waals surface area contributed by atoms with Gasteiger partial charge in [0.1, 0.15) is 12.1 Å². The van der Waals surface area contributed by atoms with Crippen LogP contribution >= 0.6 is 0 Å². The van der Waals surface area contributed by atoms with Gasteiger partial charge in [-0.3, -0.25) is 4.90 Å². The van der Waals surface area contributed by atoms with Crippen LogP contribution in [0, 0.1) is 18.8 Å². The quantitative estimate of drug-likeness (QED) is 0.825. The van der Waals surface area contributed by atoms with Crippen LogP contribution in [0.5, 0.6) is 0 Å². The van der Waals surface area contributed by atoms with E-state index in [2.05, 4.69) is 25.8 Å². The minimum absolute atomic E-state index is 0.853. The predicted molar refractivity (Wildman–Crippen MR) is 79.8 cm³/mol. The van der Waals surface area contributed by atoms with E-state index in [1.54, 1.807) is 6.33 Å². The largest absolute Gasteiger partial charge is 0.356 e. The van der Waals surface area contributed by atoms with Gasteiger partial charge in [-0.15, -0.1) is 0 Å². The predicted octanol–water partition coefficient (Wildman–Crippen LogP) is 2.10. The number of anilines is 1. The highest BCUT2D eigenvalue weighted by atomic mass is 15.3. The van der Waals surface area contributed by atoms with E-state index in [0.717, 1.165) is 29.4 Å². The van der Waals surface area contributed by atoms with E-state index in [1.807, 2.05) is 6.92 Å². The number of fused-ring (bicyclic) bond motifs is 1. The number of nitrogens with zero attached hydrogens (tertiary/aromatic N) is 4. The van der Waals surface area contributed by atoms with Crippen molar-refractivity contribution in [3.05, 3.63) is 18.1 Å². The molecule has 3 fully saturated rings. The molecule has 1 aliphatic carbocycles. The average molecular weight is 272 g/mol. The van der Waals surface area contributed by atoms with Crippen LogP contribution in [0.15, 0.2) is 12.4 Å². The Morgan fingerprint density at radius 3 is 2.35 bits per heavy atom. The Hall–Kier alpha value is -1.16. The third-order valence-corrected chi connectivity index (χ3v) is 5.47. The van der Waals surface area contributed by atoms with Crippen molar-refractivity contribution in [2.75, 3.05) is 31.1 Å². The molecule has 2 saturated heterocycles. The summed E-state index contributed by atoms with van der Waals surface area (Å²) < 4.78 is 0. The van der Waals surface area contributed by atoms with Gasteiger partial charge in [-0.2, -0.15) is 0 Å². The third-order valence-electron chi connectivity index (χ3n) is 5.47. The Bertz CT molecular complexity index is 469. The summed E-state index contributed by atoms with van der Waals surface area (Å²) in [4.78, 5) is 13.9. The van der Waals surface area contributed by atoms with Crippen molar-refractivity contribution >= 4 is 5.82 Å². The molecule has 108 valence electrons. The van der Waals surface area contributed by atoms with Gasteiger partial charge in [0.25, 0.3) is 0 Å². The molecule has 0 spiro atoms. The van der Waals surface area contributed by atoms with Gasteiger partial charge in [0.15, 0.2) is 0 Å². The minimum Gasteiger partial charge on any atom is -0.356 e. The van der Waals surface area contributed by atoms with Gasteiger partial charge in [-0.25, -0.2) is 9.97 Å². The highest BCUT2D eigenvalue weighted by molar-refractivity contribution is 5.40. The SMILES string of the molecule is Cc1cc(N2CC3CN(C4CCCC4)CC3C2)ncn1. The van der Waals surface area contributed by atoms with E-state index in [0.29, 0.717) is 0 Å². The summed E-state index contributed by atoms with van der Waals surface area (Å²) >= 11 is 0. The van der Waals surface area contributed by atoms with E-state index in [9.17, 15) is 0 Å². The fourth-order valence-corrected chi connectivity index (χ4v) is 4.40. The Labute approximate surface area is 121 Å². The molecule has 1 saturated carbocycles. The van der Waals surface area contributed by atoms with Crippen LogP contribution in [0.25, 0.3) is 0 Å². The molecule has 4 rings (SSSR count). The van der Waals surface area contributed by atoms with E-state index < -0.39 is 0 Å². The summed E-state index contributed by atoms with van der Waals surface area (Å²) in [5, 5.41) is 0. The molecule has 1 aromatic rings. The summed E-state index contributed by atoms with van der Waals surface area (Å²) in [6, 6.07) is 3.02. The van der Waals surface area contributed by atoms with Gasteiger partial charge in [0, 0.05) is 44.0 Å². The molecule has 2 unspecified atom stereocenters. The molecule has 20 heavy (non-hydrogen) atoms. The first-order chi connectivity index (χ1) is 9.79. The van der Waals surface area contributed by atoms with Crippen molar-refractivity contribution in [1.82, 2.24) is 14.9 Å². The lowest BCUT2D eigenvalue weighted by molar-refractivity contribution is 0.231. The fourth-order valence-electron chi connectivity index (χ4n) is 4.40. The number of hydrogen-bond acceptors (Lipinski definition) is 4. The Morgan fingerprint density at radius 2 is 1.70 bits per heavy atom. The third kappa shape index (κ3) is 2.20. The lowest BCUT2D eigenvalue weighted by Crippen LogP contribution is -2.35. The molecule has 0 radical (unpaired) electrons. The van der Waals surface area contributed by atoms with Crippen molar-refractivity contribution in [3.63, 3.8) is 0 Å². The lowest BCUT2D eigenvalue weighted by atomic mass is 10.0. The van der Waals surface area contributed by atoms with Crippen molar-refractivity contribution < 1.29 is 0 Å². The zero-order valence-corrected chi connectivity index (χ0v) is 12.3. The summed E-state index contributed by atoms with van der Waals surface area (Å²) in [5.41, 5.74) is 1.07. The van der Waals surface area contributed by atoms with Gasteiger partial charge in [-0.1, -0.05) is 12.8 Å². The first-order valence-electron chi connectivity index (χ1n) is 8.07. The maximum Gasteiger partial charge on any atom is 0.132 e. The molecule has 0 amide bonds. The van der Waals surface area contributed by atoms with Crippen LogP contribution in [-0.4, -0.2) is 47.1 Å². The zero-order valence-electron chi connectivity index (χ0n) is 12.3. The Balaban J connectivity index is 1.41. The van der Waals surface area contributed by atoms with Crippen molar-refractivity contribution in [2.24, 2.45) is 11.8 Å². The van der Waals surface area contributed by atoms with Crippen LogP contribution in [0.3, 0.4) is 0 Å². The molecule has 2 aliphatic heterocycles. The molecule has 3 heterocycles. The molecule has 0 N–H and O–H groups in total. The highest BCUT2D eigenvalue weighted by Crippen LogP contribution is 2.36. The highest BCUT2D eigenvalue weighted by Gasteiger charge is 2.42. The lowest BCUT2D eigenvalue weighted by Gasteiger charge is -2.26. The summed E-state index contributed by atoms with van der Waals surface area (Å²) in [7, 11) is 0. The number of rotatable bonds is 2. The first kappa shape index (κ1) is 12.6. The zero-order chi connectivity index (χ0) is 13.5. The maximum absolute atomic E-state index is 4.45. The van der Waals surface area contributed by atoms with Gasteiger partial charge >= 0.3 is 0 Å². The maximum atomic E-state index is 4.45. The minimum atomic E-state index is 0.853. The number of likely N-dealkylation sites (tertiary alicyclic amines) is 1. The Kier molecular flexibility index (Phi) is 3.14. The molecular weight excluding hydrogens is 248 g/mol. The van der Waals surface area contributed by atoms with E-state index in [4.69, 9.17) is 0 Å². The molecular formula is C16H24N4. The van der Waals surface area contributed by atoms with Crippen molar-refractivity contribution in [1.29, 1.82) is 0 Å². The fraction of sp³-hybridized carbons (Fsp3) is 0.750. The molecule has 3 aliphatic rings. The van der Waals surface area contributed by atoms with Crippen LogP contribution < -0.4 is 4.90 Å². The van der Waals surface area contributed by atoms with Crippen LogP contribution in [0.1, 0.15) is 31.4 Å². The second kappa shape index (κ2) is 4.99. The molecule has 0 aromatic carbocycles. The van der Waals surface area contributed by atoms with E-state index in [-0.39, 0.29) is 0 Å². The number of aromatic nitrogens is 2. The van der Waals surface area contributed by atoms with Gasteiger partial charge < -0.3 is 4.90 Å². The van der Waals surface area contributed by atoms with Gasteiger partial charge in [-0.05, 0) is 31.6 Å². The molecule has 0 bridgehead atoms. The summed E-state index contributed by atoms with van der Waals surface area (Å²) in [6.07, 6.45) is 7.47. The topological polar surface area (TPSA) is 32.3 Å². The second-order valence-corrected chi connectivity index (χ2v) is 6.83. The number of hydrogen-bond donors (Lipinski definition) is 0. The summed E-state index contributed by atoms with van der Waals surface area (Å²) in [5.74, 6) is 2.83. The monoisotopic (exact) mass is 272 g/mol. The van der Waals surface area contributed by atoms with Gasteiger partial charge in [0.2, 0.25) is 0 Å². The first-order valence-corrected chi connectivity index (χ1v) is 8.07. The molecule has 2 atom stereocenters. The average Bonchev–Trinajstić information content (AvgIpc) is 3.13. The second-order valence-electron chi connectivity index (χ2n) is 6.83. The van der Waals surface area contributed by atoms with Crippen LogP contribution in [-0.2, 0) is 0 Å². The number of aryl methyl sites for hydroxylation is 1. The normalized spacial score (nSPS) is 31.1.